The molecule has 8 nitrogen and oxygen atoms in total. The number of pyridine rings is 1. The first-order chi connectivity index (χ1) is 15.8. The largest absolute Gasteiger partial charge is 0.393 e. The van der Waals surface area contributed by atoms with Gasteiger partial charge in [-0.15, -0.1) is 0 Å². The number of rotatable bonds is 6. The zero-order chi connectivity index (χ0) is 23.6. The van der Waals surface area contributed by atoms with E-state index in [1.54, 1.807) is 20.9 Å². The number of halogens is 3. The molecule has 4 rings (SSSR count). The third-order valence-corrected chi connectivity index (χ3v) is 6.93. The summed E-state index contributed by atoms with van der Waals surface area (Å²) in [6.45, 7) is 2.62. The van der Waals surface area contributed by atoms with Crippen LogP contribution in [0.15, 0.2) is 18.3 Å². The summed E-state index contributed by atoms with van der Waals surface area (Å²) in [5.74, 6) is -1.16. The van der Waals surface area contributed by atoms with Gasteiger partial charge in [0.15, 0.2) is 0 Å². The molecule has 3 fully saturated rings. The predicted octanol–water partition coefficient (Wildman–Crippen LogP) is 1.87. The van der Waals surface area contributed by atoms with Crippen LogP contribution in [0, 0.1) is 5.92 Å². The van der Waals surface area contributed by atoms with Crippen molar-refractivity contribution in [3.63, 3.8) is 0 Å². The van der Waals surface area contributed by atoms with Gasteiger partial charge in [-0.25, -0.2) is 4.79 Å². The maximum absolute atomic E-state index is 12.9. The lowest BCUT2D eigenvalue weighted by atomic mass is 9.95. The summed E-state index contributed by atoms with van der Waals surface area (Å²) >= 11 is 0. The van der Waals surface area contributed by atoms with Gasteiger partial charge < -0.3 is 29.5 Å². The Kier molecular flexibility index (Phi) is 7.08. The van der Waals surface area contributed by atoms with Crippen molar-refractivity contribution >= 4 is 18.0 Å². The van der Waals surface area contributed by atoms with Crippen LogP contribution in [0.4, 0.5) is 23.7 Å². The number of likely N-dealkylation sites (tertiary alicyclic amines) is 2. The van der Waals surface area contributed by atoms with Crippen LogP contribution in [0.1, 0.15) is 24.5 Å². The van der Waals surface area contributed by atoms with E-state index in [0.29, 0.717) is 44.8 Å². The van der Waals surface area contributed by atoms with Gasteiger partial charge in [0.25, 0.3) is 0 Å². The van der Waals surface area contributed by atoms with Crippen LogP contribution in [-0.4, -0.2) is 98.3 Å². The summed E-state index contributed by atoms with van der Waals surface area (Å²) in [7, 11) is 1.82. The van der Waals surface area contributed by atoms with Gasteiger partial charge in [0.2, 0.25) is 0 Å². The lowest BCUT2D eigenvalue weighted by Crippen LogP contribution is -2.60. The Morgan fingerprint density at radius 3 is 2.58 bits per heavy atom. The molecule has 11 heteroatoms. The second-order valence-corrected chi connectivity index (χ2v) is 8.97. The van der Waals surface area contributed by atoms with Crippen molar-refractivity contribution in [1.82, 2.24) is 20.1 Å². The van der Waals surface area contributed by atoms with Crippen molar-refractivity contribution in [2.45, 2.75) is 37.1 Å². The van der Waals surface area contributed by atoms with E-state index in [9.17, 15) is 22.8 Å². The zero-order valence-electron chi connectivity index (χ0n) is 18.6. The minimum atomic E-state index is -4.16. The molecule has 4 heterocycles. The van der Waals surface area contributed by atoms with Crippen molar-refractivity contribution < 1.29 is 27.5 Å². The summed E-state index contributed by atoms with van der Waals surface area (Å²) in [5, 5.41) is 3.17. The Hall–Kier alpha value is -2.40. The van der Waals surface area contributed by atoms with E-state index in [1.165, 1.54) is 0 Å². The van der Waals surface area contributed by atoms with Crippen molar-refractivity contribution in [2.24, 2.45) is 5.92 Å². The molecule has 33 heavy (non-hydrogen) atoms. The fraction of sp³-hybridized carbons (Fsp3) is 0.682. The third kappa shape index (κ3) is 5.24. The molecule has 1 aromatic rings. The predicted molar refractivity (Wildman–Crippen MR) is 115 cm³/mol. The highest BCUT2D eigenvalue weighted by molar-refractivity contribution is 5.76. The summed E-state index contributed by atoms with van der Waals surface area (Å²) < 4.78 is 44.3. The Morgan fingerprint density at radius 1 is 1.18 bits per heavy atom. The number of aromatic nitrogens is 1. The third-order valence-electron chi connectivity index (χ3n) is 6.93. The number of urea groups is 1. The van der Waals surface area contributed by atoms with Gasteiger partial charge in [0.1, 0.15) is 12.9 Å². The number of hydrogen-bond acceptors (Lipinski definition) is 6. The molecule has 2 amide bonds. The number of anilines is 1. The number of hydrogen-bond donors (Lipinski definition) is 1. The highest BCUT2D eigenvalue weighted by Gasteiger charge is 2.44. The molecule has 0 bridgehead atoms. The van der Waals surface area contributed by atoms with Crippen molar-refractivity contribution in [2.75, 3.05) is 57.8 Å². The fourth-order valence-electron chi connectivity index (χ4n) is 4.85. The second-order valence-electron chi connectivity index (χ2n) is 8.97. The average Bonchev–Trinajstić information content (AvgIpc) is 3.28. The zero-order valence-corrected chi connectivity index (χ0v) is 18.6. The summed E-state index contributed by atoms with van der Waals surface area (Å²) in [5.41, 5.74) is 1.55. The minimum absolute atomic E-state index is 0.0211. The highest BCUT2D eigenvalue weighted by Crippen LogP contribution is 2.36. The number of ether oxygens (including phenoxy) is 1. The molecule has 1 N–H and O–H groups in total. The molecule has 3 saturated heterocycles. The molecule has 1 unspecified atom stereocenters. The lowest BCUT2D eigenvalue weighted by molar-refractivity contribution is -0.168. The Labute approximate surface area is 191 Å². The van der Waals surface area contributed by atoms with E-state index in [1.807, 2.05) is 19.2 Å². The van der Waals surface area contributed by atoms with Crippen LogP contribution in [0.2, 0.25) is 0 Å². The van der Waals surface area contributed by atoms with Gasteiger partial charge >= 0.3 is 12.2 Å². The number of alkyl halides is 3. The molecule has 0 radical (unpaired) electrons. The van der Waals surface area contributed by atoms with Crippen LogP contribution in [0.3, 0.4) is 0 Å². The van der Waals surface area contributed by atoms with E-state index in [-0.39, 0.29) is 43.7 Å². The van der Waals surface area contributed by atoms with E-state index in [2.05, 4.69) is 10.3 Å². The van der Waals surface area contributed by atoms with Crippen LogP contribution in [0.25, 0.3) is 0 Å². The number of likely N-dealkylation sites (N-methyl/N-ethyl adjacent to an activating group) is 1. The molecule has 0 saturated carbocycles. The SMILES string of the molecule is CN[C@@H]1CN(C(=O)N2CC(c3ccc(N4CCC(C(F)(F)F)C4)cn3)C2)CC[C@@H]1OCC=O. The quantitative estimate of drug-likeness (QED) is 0.641. The first-order valence-corrected chi connectivity index (χ1v) is 11.3. The molecule has 3 aliphatic heterocycles. The number of carbonyl (C=O) groups is 2. The van der Waals surface area contributed by atoms with E-state index in [4.69, 9.17) is 4.74 Å². The van der Waals surface area contributed by atoms with Gasteiger partial charge in [0, 0.05) is 50.9 Å². The first kappa shape index (κ1) is 23.7. The number of carbonyl (C=O) groups excluding carboxylic acids is 2. The maximum Gasteiger partial charge on any atom is 0.393 e. The number of nitrogens with zero attached hydrogens (tertiary/aromatic N) is 4. The van der Waals surface area contributed by atoms with Crippen LogP contribution >= 0.6 is 0 Å². The van der Waals surface area contributed by atoms with Gasteiger partial charge in [-0.3, -0.25) is 4.98 Å². The van der Waals surface area contributed by atoms with Gasteiger partial charge in [-0.05, 0) is 32.0 Å². The fourth-order valence-corrected chi connectivity index (χ4v) is 4.85. The number of nitrogens with one attached hydrogen (secondary N) is 1. The second kappa shape index (κ2) is 9.84. The standard InChI is InChI=1S/C22H30F3N5O3/c1-26-19-14-29(7-5-20(19)33-9-8-31)21(32)30-11-15(12-30)18-3-2-17(10-27-18)28-6-4-16(13-28)22(23,24)25/h2-3,8,10,15-16,19-20,26H,4-7,9,11-14H2,1H3/t16?,19-,20+/m1/s1. The molecule has 0 aliphatic carbocycles. The van der Waals surface area contributed by atoms with Gasteiger partial charge in [0.05, 0.1) is 29.9 Å². The highest BCUT2D eigenvalue weighted by atomic mass is 19.4. The molecule has 1 aromatic heterocycles. The first-order valence-electron chi connectivity index (χ1n) is 11.3. The summed E-state index contributed by atoms with van der Waals surface area (Å²) in [4.78, 5) is 33.2. The lowest BCUT2D eigenvalue weighted by Gasteiger charge is -2.45. The summed E-state index contributed by atoms with van der Waals surface area (Å²) in [6.07, 6.45) is -1.11. The van der Waals surface area contributed by atoms with Crippen LogP contribution < -0.4 is 10.2 Å². The molecule has 0 spiro atoms. The average molecular weight is 470 g/mol. The molecule has 0 aromatic carbocycles. The molecule has 3 atom stereocenters. The van der Waals surface area contributed by atoms with Gasteiger partial charge in [-0.1, -0.05) is 0 Å². The number of amides is 2. The molecule has 182 valence electrons. The minimum Gasteiger partial charge on any atom is -0.370 e. The number of piperidine rings is 1. The normalized spacial score (nSPS) is 26.4. The Bertz CT molecular complexity index is 832. The van der Waals surface area contributed by atoms with Crippen molar-refractivity contribution in [3.05, 3.63) is 24.0 Å². The van der Waals surface area contributed by atoms with Crippen LogP contribution in [-0.2, 0) is 9.53 Å². The van der Waals surface area contributed by atoms with Gasteiger partial charge in [-0.2, -0.15) is 13.2 Å². The Balaban J connectivity index is 1.26. The number of aldehydes is 1. The van der Waals surface area contributed by atoms with E-state index >= 15 is 0 Å². The smallest absolute Gasteiger partial charge is 0.370 e. The topological polar surface area (TPSA) is 78.0 Å². The van der Waals surface area contributed by atoms with Crippen molar-refractivity contribution in [3.8, 4) is 0 Å². The molecular weight excluding hydrogens is 439 g/mol. The summed E-state index contributed by atoms with van der Waals surface area (Å²) in [6, 6.07) is 3.63. The van der Waals surface area contributed by atoms with E-state index in [0.717, 1.165) is 12.0 Å². The maximum atomic E-state index is 12.9. The van der Waals surface area contributed by atoms with E-state index < -0.39 is 12.1 Å². The monoisotopic (exact) mass is 469 g/mol. The Morgan fingerprint density at radius 2 is 1.97 bits per heavy atom. The molecule has 3 aliphatic rings. The van der Waals surface area contributed by atoms with Crippen LogP contribution in [0.5, 0.6) is 0 Å². The van der Waals surface area contributed by atoms with Crippen molar-refractivity contribution in [1.29, 1.82) is 0 Å². The molecular formula is C22H30F3N5O3.